The van der Waals surface area contributed by atoms with Crippen LogP contribution in [0.15, 0.2) is 71.6 Å². The van der Waals surface area contributed by atoms with Crippen molar-refractivity contribution in [1.82, 2.24) is 10.2 Å². The molecular weight excluding hydrogens is 524 g/mol. The topological polar surface area (TPSA) is 75.2 Å². The number of halogens is 1. The smallest absolute Gasteiger partial charge is 0.258 e. The number of nitrogens with zero attached hydrogens (tertiary/aromatic N) is 3. The summed E-state index contributed by atoms with van der Waals surface area (Å²) in [7, 11) is 0. The van der Waals surface area contributed by atoms with E-state index in [4.69, 9.17) is 11.6 Å². The van der Waals surface area contributed by atoms with E-state index in [1.807, 2.05) is 72.5 Å². The molecule has 5 rings (SSSR count). The van der Waals surface area contributed by atoms with Crippen molar-refractivity contribution in [3.05, 3.63) is 99.0 Å². The zero-order valence-electron chi connectivity index (χ0n) is 20.4. The summed E-state index contributed by atoms with van der Waals surface area (Å²) >= 11 is 8.89. The monoisotopic (exact) mass is 548 g/mol. The number of thioether (sulfide) groups is 1. The molecule has 0 radical (unpaired) electrons. The summed E-state index contributed by atoms with van der Waals surface area (Å²) in [5.41, 5.74) is 4.96. The van der Waals surface area contributed by atoms with E-state index in [-0.39, 0.29) is 17.7 Å². The van der Waals surface area contributed by atoms with Gasteiger partial charge in [0.05, 0.1) is 5.56 Å². The van der Waals surface area contributed by atoms with Crippen molar-refractivity contribution in [3.8, 4) is 0 Å². The lowest BCUT2D eigenvalue weighted by Gasteiger charge is -2.17. The highest BCUT2D eigenvalue weighted by Gasteiger charge is 2.34. The Morgan fingerprint density at radius 2 is 1.86 bits per heavy atom. The molecule has 6 nitrogen and oxygen atoms in total. The van der Waals surface area contributed by atoms with Crippen LogP contribution in [0.4, 0.5) is 10.8 Å². The van der Waals surface area contributed by atoms with Crippen molar-refractivity contribution in [2.45, 2.75) is 36.8 Å². The van der Waals surface area contributed by atoms with Crippen LogP contribution in [0.1, 0.15) is 44.4 Å². The minimum atomic E-state index is -0.235. The quantitative estimate of drug-likeness (QED) is 0.255. The number of anilines is 2. The van der Waals surface area contributed by atoms with Gasteiger partial charge >= 0.3 is 0 Å². The Morgan fingerprint density at radius 3 is 2.65 bits per heavy atom. The van der Waals surface area contributed by atoms with Gasteiger partial charge in [-0.1, -0.05) is 53.3 Å². The number of carbonyl (C=O) groups excluding carboxylic acids is 2. The normalized spacial score (nSPS) is 15.3. The molecular formula is C28H25ClN4O2S2. The summed E-state index contributed by atoms with van der Waals surface area (Å²) in [6, 6.07) is 21.3. The predicted molar refractivity (Wildman–Crippen MR) is 151 cm³/mol. The van der Waals surface area contributed by atoms with Crippen molar-refractivity contribution in [2.75, 3.05) is 16.8 Å². The third-order valence-electron chi connectivity index (χ3n) is 6.38. The number of rotatable bonds is 7. The average Bonchev–Trinajstić information content (AvgIpc) is 3.52. The van der Waals surface area contributed by atoms with Crippen LogP contribution >= 0.6 is 34.7 Å². The van der Waals surface area contributed by atoms with Crippen LogP contribution in [0.25, 0.3) is 0 Å². The highest BCUT2D eigenvalue weighted by atomic mass is 35.5. The van der Waals surface area contributed by atoms with E-state index in [9.17, 15) is 9.59 Å². The first-order valence-corrected chi connectivity index (χ1v) is 14.0. The molecule has 1 atom stereocenters. The molecule has 1 unspecified atom stereocenters. The number of amides is 2. The van der Waals surface area contributed by atoms with Gasteiger partial charge in [-0.15, -0.1) is 22.0 Å². The number of hydrogen-bond acceptors (Lipinski definition) is 6. The van der Waals surface area contributed by atoms with E-state index in [2.05, 4.69) is 22.4 Å². The van der Waals surface area contributed by atoms with E-state index >= 15 is 0 Å². The van der Waals surface area contributed by atoms with Crippen LogP contribution in [0.3, 0.4) is 0 Å². The average molecular weight is 549 g/mol. The molecule has 0 spiro atoms. The van der Waals surface area contributed by atoms with Crippen LogP contribution in [0.5, 0.6) is 0 Å². The number of aromatic nitrogens is 2. The SMILES string of the molecule is Cc1ccc(N2CC(c3nnc(NC(=O)c4ccccc4SCc4ccc(Cl)cc4)s3)CC2=O)cc1C. The molecule has 9 heteroatoms. The second-order valence-electron chi connectivity index (χ2n) is 8.98. The first-order valence-electron chi connectivity index (χ1n) is 11.9. The van der Waals surface area contributed by atoms with Crippen molar-refractivity contribution in [1.29, 1.82) is 0 Å². The molecule has 0 saturated carbocycles. The molecule has 1 N–H and O–H groups in total. The molecule has 3 aromatic carbocycles. The summed E-state index contributed by atoms with van der Waals surface area (Å²) in [5, 5.41) is 13.3. The largest absolute Gasteiger partial charge is 0.312 e. The first kappa shape index (κ1) is 25.4. The van der Waals surface area contributed by atoms with E-state index in [1.165, 1.54) is 16.9 Å². The van der Waals surface area contributed by atoms with E-state index in [0.29, 0.717) is 28.7 Å². The number of hydrogen-bond donors (Lipinski definition) is 1. The van der Waals surface area contributed by atoms with Gasteiger partial charge < -0.3 is 4.90 Å². The van der Waals surface area contributed by atoms with Crippen LogP contribution in [0.2, 0.25) is 5.02 Å². The summed E-state index contributed by atoms with van der Waals surface area (Å²) in [6.45, 7) is 4.65. The standard InChI is InChI=1S/C28H25ClN4O2S2/c1-17-7-12-22(13-18(17)2)33-15-20(14-25(33)34)27-31-32-28(37-27)30-26(35)23-5-3-4-6-24(23)36-16-19-8-10-21(29)11-9-19/h3-13,20H,14-16H2,1-2H3,(H,30,32,35). The fourth-order valence-corrected chi connectivity index (χ4v) is 6.11. The Morgan fingerprint density at radius 1 is 1.08 bits per heavy atom. The van der Waals surface area contributed by atoms with Gasteiger partial charge in [0.15, 0.2) is 0 Å². The Labute approximate surface area is 229 Å². The maximum absolute atomic E-state index is 13.1. The molecule has 4 aromatic rings. The lowest BCUT2D eigenvalue weighted by molar-refractivity contribution is -0.117. The summed E-state index contributed by atoms with van der Waals surface area (Å²) in [5.74, 6) is 0.498. The zero-order chi connectivity index (χ0) is 25.9. The van der Waals surface area contributed by atoms with Crippen LogP contribution in [-0.4, -0.2) is 28.6 Å². The van der Waals surface area contributed by atoms with Crippen LogP contribution < -0.4 is 10.2 Å². The first-order chi connectivity index (χ1) is 17.9. The molecule has 188 valence electrons. The Kier molecular flexibility index (Phi) is 7.60. The summed E-state index contributed by atoms with van der Waals surface area (Å²) < 4.78 is 0. The maximum atomic E-state index is 13.1. The third-order valence-corrected chi connectivity index (χ3v) is 8.77. The van der Waals surface area contributed by atoms with Gasteiger partial charge in [0.25, 0.3) is 5.91 Å². The zero-order valence-corrected chi connectivity index (χ0v) is 22.8. The molecule has 1 fully saturated rings. The molecule has 1 aromatic heterocycles. The van der Waals surface area contributed by atoms with Crippen molar-refractivity contribution in [2.24, 2.45) is 0 Å². The number of carbonyl (C=O) groups is 2. The molecule has 2 amide bonds. The Hall–Kier alpha value is -3.20. The van der Waals surface area contributed by atoms with Crippen molar-refractivity contribution >= 4 is 57.3 Å². The maximum Gasteiger partial charge on any atom is 0.258 e. The van der Waals surface area contributed by atoms with E-state index < -0.39 is 0 Å². The number of benzene rings is 3. The highest BCUT2D eigenvalue weighted by molar-refractivity contribution is 7.98. The Bertz CT molecular complexity index is 1450. The molecule has 0 bridgehead atoms. The molecule has 1 aliphatic rings. The van der Waals surface area contributed by atoms with Crippen molar-refractivity contribution < 1.29 is 9.59 Å². The summed E-state index contributed by atoms with van der Waals surface area (Å²) in [4.78, 5) is 28.5. The summed E-state index contributed by atoms with van der Waals surface area (Å²) in [6.07, 6.45) is 0.375. The fourth-order valence-electron chi connectivity index (χ4n) is 4.15. The van der Waals surface area contributed by atoms with Gasteiger partial charge in [0, 0.05) is 40.2 Å². The van der Waals surface area contributed by atoms with E-state index in [1.54, 1.807) is 17.8 Å². The van der Waals surface area contributed by atoms with Gasteiger partial charge in [-0.05, 0) is 66.9 Å². The molecule has 1 aliphatic heterocycles. The second-order valence-corrected chi connectivity index (χ2v) is 11.4. The lowest BCUT2D eigenvalue weighted by Crippen LogP contribution is -2.24. The lowest BCUT2D eigenvalue weighted by atomic mass is 10.1. The molecule has 2 heterocycles. The van der Waals surface area contributed by atoms with Gasteiger partial charge in [0.1, 0.15) is 5.01 Å². The van der Waals surface area contributed by atoms with Gasteiger partial charge in [0.2, 0.25) is 11.0 Å². The predicted octanol–water partition coefficient (Wildman–Crippen LogP) is 6.87. The van der Waals surface area contributed by atoms with Crippen molar-refractivity contribution in [3.63, 3.8) is 0 Å². The van der Waals surface area contributed by atoms with E-state index in [0.717, 1.165) is 32.5 Å². The molecule has 1 saturated heterocycles. The third kappa shape index (κ3) is 5.87. The second kappa shape index (κ2) is 11.0. The molecule has 37 heavy (non-hydrogen) atoms. The molecule has 0 aliphatic carbocycles. The van der Waals surface area contributed by atoms with Crippen LogP contribution in [-0.2, 0) is 10.5 Å². The van der Waals surface area contributed by atoms with Gasteiger partial charge in [-0.2, -0.15) is 0 Å². The number of aryl methyl sites for hydroxylation is 2. The fraction of sp³-hybridized carbons (Fsp3) is 0.214. The number of nitrogens with one attached hydrogen (secondary N) is 1. The Balaban J connectivity index is 1.24. The minimum Gasteiger partial charge on any atom is -0.312 e. The van der Waals surface area contributed by atoms with Gasteiger partial charge in [-0.3, -0.25) is 14.9 Å². The van der Waals surface area contributed by atoms with Crippen LogP contribution in [0, 0.1) is 13.8 Å². The minimum absolute atomic E-state index is 0.0560. The highest BCUT2D eigenvalue weighted by Crippen LogP contribution is 2.35. The van der Waals surface area contributed by atoms with Gasteiger partial charge in [-0.25, -0.2) is 0 Å².